The minimum atomic E-state index is -0.540. The summed E-state index contributed by atoms with van der Waals surface area (Å²) in [5, 5.41) is 5.57. The quantitative estimate of drug-likeness (QED) is 0.737. The number of hydrogen-bond acceptors (Lipinski definition) is 4. The zero-order valence-corrected chi connectivity index (χ0v) is 14.3. The lowest BCUT2D eigenvalue weighted by atomic mass is 10.1. The third kappa shape index (κ3) is 3.97. The SMILES string of the molecule is COc1ccc(NC(=O)NC(c2ccc(F)cc2)c2nccn2C)cn1. The molecule has 0 saturated heterocycles. The number of pyridine rings is 1. The summed E-state index contributed by atoms with van der Waals surface area (Å²) in [7, 11) is 3.34. The Hall–Kier alpha value is -3.42. The van der Waals surface area contributed by atoms with Crippen LogP contribution < -0.4 is 15.4 Å². The predicted octanol–water partition coefficient (Wildman–Crippen LogP) is 2.87. The van der Waals surface area contributed by atoms with Crippen LogP contribution in [-0.2, 0) is 7.05 Å². The van der Waals surface area contributed by atoms with Crippen LogP contribution >= 0.6 is 0 Å². The number of carbonyl (C=O) groups is 1. The number of rotatable bonds is 5. The summed E-state index contributed by atoms with van der Waals surface area (Å²) in [5.41, 5.74) is 1.23. The molecule has 0 saturated carbocycles. The molecule has 8 heteroatoms. The molecule has 134 valence electrons. The minimum Gasteiger partial charge on any atom is -0.481 e. The van der Waals surface area contributed by atoms with Gasteiger partial charge in [-0.2, -0.15) is 0 Å². The van der Waals surface area contributed by atoms with Crippen molar-refractivity contribution in [3.05, 3.63) is 72.2 Å². The van der Waals surface area contributed by atoms with Crippen molar-refractivity contribution in [1.29, 1.82) is 0 Å². The average molecular weight is 355 g/mol. The number of nitrogens with one attached hydrogen (secondary N) is 2. The van der Waals surface area contributed by atoms with Crippen molar-refractivity contribution < 1.29 is 13.9 Å². The Morgan fingerprint density at radius 2 is 1.96 bits per heavy atom. The van der Waals surface area contributed by atoms with E-state index in [1.54, 1.807) is 41.2 Å². The molecule has 0 aliphatic rings. The first kappa shape index (κ1) is 17.4. The highest BCUT2D eigenvalue weighted by Crippen LogP contribution is 2.21. The van der Waals surface area contributed by atoms with Gasteiger partial charge in [-0.3, -0.25) is 0 Å². The highest BCUT2D eigenvalue weighted by atomic mass is 19.1. The van der Waals surface area contributed by atoms with Crippen LogP contribution in [0.25, 0.3) is 0 Å². The van der Waals surface area contributed by atoms with Crippen molar-refractivity contribution in [2.45, 2.75) is 6.04 Å². The topological polar surface area (TPSA) is 81.1 Å². The van der Waals surface area contributed by atoms with Gasteiger partial charge in [-0.1, -0.05) is 12.1 Å². The number of aromatic nitrogens is 3. The van der Waals surface area contributed by atoms with Gasteiger partial charge in [0, 0.05) is 25.5 Å². The molecule has 1 aromatic carbocycles. The maximum Gasteiger partial charge on any atom is 0.320 e. The molecule has 7 nitrogen and oxygen atoms in total. The fraction of sp³-hybridized carbons (Fsp3) is 0.167. The van der Waals surface area contributed by atoms with E-state index in [9.17, 15) is 9.18 Å². The molecule has 0 spiro atoms. The number of carbonyl (C=O) groups excluding carboxylic acids is 1. The fourth-order valence-corrected chi connectivity index (χ4v) is 2.48. The third-order valence-corrected chi connectivity index (χ3v) is 3.80. The summed E-state index contributed by atoms with van der Waals surface area (Å²) in [4.78, 5) is 20.8. The van der Waals surface area contributed by atoms with Crippen molar-refractivity contribution >= 4 is 11.7 Å². The molecule has 0 fully saturated rings. The Morgan fingerprint density at radius 3 is 2.54 bits per heavy atom. The molecule has 0 radical (unpaired) electrons. The summed E-state index contributed by atoms with van der Waals surface area (Å²) in [5.74, 6) is 0.730. The Kier molecular flexibility index (Phi) is 5.12. The molecular formula is C18H18FN5O2. The first-order valence-electron chi connectivity index (χ1n) is 7.87. The molecule has 0 aliphatic carbocycles. The predicted molar refractivity (Wildman–Crippen MR) is 94.4 cm³/mol. The van der Waals surface area contributed by atoms with E-state index in [0.717, 1.165) is 0 Å². The van der Waals surface area contributed by atoms with E-state index in [-0.39, 0.29) is 5.82 Å². The molecular weight excluding hydrogens is 337 g/mol. The van der Waals surface area contributed by atoms with Crippen LogP contribution in [0.15, 0.2) is 55.0 Å². The monoisotopic (exact) mass is 355 g/mol. The summed E-state index contributed by atoms with van der Waals surface area (Å²) in [6.07, 6.45) is 4.91. The van der Waals surface area contributed by atoms with Crippen molar-refractivity contribution in [1.82, 2.24) is 19.9 Å². The van der Waals surface area contributed by atoms with E-state index in [1.165, 1.54) is 25.4 Å². The van der Waals surface area contributed by atoms with E-state index in [2.05, 4.69) is 20.6 Å². The van der Waals surface area contributed by atoms with Crippen LogP contribution in [0.4, 0.5) is 14.9 Å². The van der Waals surface area contributed by atoms with Crippen molar-refractivity contribution in [3.63, 3.8) is 0 Å². The molecule has 2 aromatic heterocycles. The zero-order chi connectivity index (χ0) is 18.5. The molecule has 0 aliphatic heterocycles. The number of methoxy groups -OCH3 is 1. The van der Waals surface area contributed by atoms with Gasteiger partial charge in [0.15, 0.2) is 0 Å². The van der Waals surface area contributed by atoms with E-state index >= 15 is 0 Å². The van der Waals surface area contributed by atoms with Crippen LogP contribution in [0, 0.1) is 5.82 Å². The summed E-state index contributed by atoms with van der Waals surface area (Å²) in [6.45, 7) is 0. The van der Waals surface area contributed by atoms with Gasteiger partial charge < -0.3 is 19.9 Å². The van der Waals surface area contributed by atoms with Gasteiger partial charge in [0.05, 0.1) is 19.0 Å². The molecule has 3 rings (SSSR count). The van der Waals surface area contributed by atoms with Crippen LogP contribution in [0.5, 0.6) is 5.88 Å². The Bertz CT molecular complexity index is 877. The molecule has 1 unspecified atom stereocenters. The van der Waals surface area contributed by atoms with Crippen LogP contribution in [0.2, 0.25) is 0 Å². The second-order valence-electron chi connectivity index (χ2n) is 5.57. The highest BCUT2D eigenvalue weighted by Gasteiger charge is 2.21. The summed E-state index contributed by atoms with van der Waals surface area (Å²) < 4.78 is 20.0. The molecule has 2 N–H and O–H groups in total. The number of benzene rings is 1. The van der Waals surface area contributed by atoms with Crippen LogP contribution in [-0.4, -0.2) is 27.7 Å². The maximum atomic E-state index is 13.2. The lowest BCUT2D eigenvalue weighted by molar-refractivity contribution is 0.249. The van der Waals surface area contributed by atoms with Crippen molar-refractivity contribution in [2.24, 2.45) is 7.05 Å². The first-order chi connectivity index (χ1) is 12.6. The van der Waals surface area contributed by atoms with Gasteiger partial charge in [0.1, 0.15) is 17.7 Å². The number of ether oxygens (including phenoxy) is 1. The maximum absolute atomic E-state index is 13.2. The zero-order valence-electron chi connectivity index (χ0n) is 14.3. The van der Waals surface area contributed by atoms with Gasteiger partial charge in [-0.05, 0) is 23.8 Å². The number of halogens is 1. The Morgan fingerprint density at radius 1 is 1.19 bits per heavy atom. The Balaban J connectivity index is 1.79. The van der Waals surface area contributed by atoms with E-state index in [0.29, 0.717) is 23.0 Å². The second-order valence-corrected chi connectivity index (χ2v) is 5.57. The normalized spacial score (nSPS) is 11.7. The number of urea groups is 1. The summed E-state index contributed by atoms with van der Waals surface area (Å²) >= 11 is 0. The number of aryl methyl sites for hydroxylation is 1. The van der Waals surface area contributed by atoms with Gasteiger partial charge >= 0.3 is 6.03 Å². The Labute approximate surface area is 149 Å². The van der Waals surface area contributed by atoms with Gasteiger partial charge in [0.25, 0.3) is 0 Å². The van der Waals surface area contributed by atoms with Crippen LogP contribution in [0.3, 0.4) is 0 Å². The average Bonchev–Trinajstić information content (AvgIpc) is 3.07. The first-order valence-corrected chi connectivity index (χ1v) is 7.87. The van der Waals surface area contributed by atoms with Gasteiger partial charge in [-0.25, -0.2) is 19.2 Å². The molecule has 1 atom stereocenters. The molecule has 2 heterocycles. The highest BCUT2D eigenvalue weighted by molar-refractivity contribution is 5.89. The molecule has 2 amide bonds. The molecule has 3 aromatic rings. The number of hydrogen-bond donors (Lipinski definition) is 2. The van der Waals surface area contributed by atoms with Gasteiger partial charge in [-0.15, -0.1) is 0 Å². The standard InChI is InChI=1S/C18H18FN5O2/c1-24-10-9-20-17(24)16(12-3-5-13(19)6-4-12)23-18(25)22-14-7-8-15(26-2)21-11-14/h3-11,16H,1-2H3,(H2,22,23,25). The minimum absolute atomic E-state index is 0.346. The third-order valence-electron chi connectivity index (χ3n) is 3.80. The smallest absolute Gasteiger partial charge is 0.320 e. The lowest BCUT2D eigenvalue weighted by Gasteiger charge is -2.19. The number of amides is 2. The number of nitrogens with zero attached hydrogens (tertiary/aromatic N) is 3. The molecule has 0 bridgehead atoms. The van der Waals surface area contributed by atoms with Crippen molar-refractivity contribution in [3.8, 4) is 5.88 Å². The van der Waals surface area contributed by atoms with E-state index in [1.807, 2.05) is 7.05 Å². The second kappa shape index (κ2) is 7.64. The molecule has 26 heavy (non-hydrogen) atoms. The van der Waals surface area contributed by atoms with Crippen LogP contribution in [0.1, 0.15) is 17.4 Å². The van der Waals surface area contributed by atoms with Gasteiger partial charge in [0.2, 0.25) is 5.88 Å². The fourth-order valence-electron chi connectivity index (χ4n) is 2.48. The van der Waals surface area contributed by atoms with Crippen molar-refractivity contribution in [2.75, 3.05) is 12.4 Å². The number of anilines is 1. The number of imidazole rings is 1. The summed E-state index contributed by atoms with van der Waals surface area (Å²) in [6, 6.07) is 8.27. The lowest BCUT2D eigenvalue weighted by Crippen LogP contribution is -2.34. The van der Waals surface area contributed by atoms with E-state index in [4.69, 9.17) is 4.74 Å². The largest absolute Gasteiger partial charge is 0.481 e. The van der Waals surface area contributed by atoms with E-state index < -0.39 is 12.1 Å².